The Morgan fingerprint density at radius 1 is 1.23 bits per heavy atom. The molecule has 0 radical (unpaired) electrons. The van der Waals surface area contributed by atoms with Crippen LogP contribution in [-0.4, -0.2) is 46.3 Å². The van der Waals surface area contributed by atoms with Gasteiger partial charge in [0.25, 0.3) is 0 Å². The average Bonchev–Trinajstić information content (AvgIpc) is 2.63. The predicted molar refractivity (Wildman–Crippen MR) is 92.6 cm³/mol. The summed E-state index contributed by atoms with van der Waals surface area (Å²) in [6.07, 6.45) is 1.61. The minimum absolute atomic E-state index is 0.0394. The minimum atomic E-state index is -0.616. The van der Waals surface area contributed by atoms with E-state index in [-0.39, 0.29) is 37.3 Å². The van der Waals surface area contributed by atoms with E-state index in [9.17, 15) is 14.0 Å². The molecule has 0 aliphatic carbocycles. The predicted octanol–water partition coefficient (Wildman–Crippen LogP) is 1.99. The summed E-state index contributed by atoms with van der Waals surface area (Å²) in [5.41, 5.74) is 1.39. The summed E-state index contributed by atoms with van der Waals surface area (Å²) in [4.78, 5) is 32.4. The maximum Gasteiger partial charge on any atom is 0.245 e. The van der Waals surface area contributed by atoms with Gasteiger partial charge in [-0.3, -0.25) is 9.59 Å². The van der Waals surface area contributed by atoms with Gasteiger partial charge in [0.05, 0.1) is 13.7 Å². The first-order valence-corrected chi connectivity index (χ1v) is 8.30. The third kappa shape index (κ3) is 3.66. The molecule has 0 N–H and O–H groups in total. The monoisotopic (exact) mass is 357 g/mol. The van der Waals surface area contributed by atoms with Crippen molar-refractivity contribution in [3.63, 3.8) is 0 Å². The number of carbonyl (C=O) groups is 2. The Bertz CT molecular complexity index is 827. The number of hydrogen-bond donors (Lipinski definition) is 0. The van der Waals surface area contributed by atoms with Crippen molar-refractivity contribution in [2.75, 3.05) is 13.7 Å². The Balaban J connectivity index is 1.75. The first-order valence-electron chi connectivity index (χ1n) is 8.30. The van der Waals surface area contributed by atoms with Crippen molar-refractivity contribution in [1.82, 2.24) is 14.8 Å². The van der Waals surface area contributed by atoms with Crippen LogP contribution in [-0.2, 0) is 22.7 Å². The molecule has 1 atom stereocenters. The minimum Gasteiger partial charge on any atom is -0.481 e. The van der Waals surface area contributed by atoms with Gasteiger partial charge in [-0.2, -0.15) is 0 Å². The van der Waals surface area contributed by atoms with Crippen LogP contribution in [0.15, 0.2) is 42.6 Å². The summed E-state index contributed by atoms with van der Waals surface area (Å²) in [6, 6.07) is 9.00. The largest absolute Gasteiger partial charge is 0.481 e. The molecule has 1 aliphatic heterocycles. The first-order chi connectivity index (χ1) is 12.5. The Morgan fingerprint density at radius 3 is 2.77 bits per heavy atom. The number of piperazine rings is 1. The molecule has 0 unspecified atom stereocenters. The van der Waals surface area contributed by atoms with Crippen molar-refractivity contribution < 1.29 is 18.7 Å². The zero-order valence-electron chi connectivity index (χ0n) is 14.7. The van der Waals surface area contributed by atoms with Gasteiger partial charge in [-0.05, 0) is 30.7 Å². The summed E-state index contributed by atoms with van der Waals surface area (Å²) in [7, 11) is 1.51. The summed E-state index contributed by atoms with van der Waals surface area (Å²) in [5.74, 6) is -0.269. The second-order valence-electron chi connectivity index (χ2n) is 6.19. The molecule has 26 heavy (non-hydrogen) atoms. The lowest BCUT2D eigenvalue weighted by Crippen LogP contribution is -2.58. The molecule has 0 bridgehead atoms. The van der Waals surface area contributed by atoms with Crippen LogP contribution in [0.3, 0.4) is 0 Å². The fourth-order valence-corrected chi connectivity index (χ4v) is 3.07. The molecule has 2 heterocycles. The molecule has 1 aliphatic rings. The third-order valence-electron chi connectivity index (χ3n) is 4.43. The Morgan fingerprint density at radius 2 is 2.04 bits per heavy atom. The fraction of sp³-hybridized carbons (Fsp3) is 0.316. The molecule has 6 nitrogen and oxygen atoms in total. The molecule has 7 heteroatoms. The smallest absolute Gasteiger partial charge is 0.245 e. The molecule has 1 aromatic carbocycles. The van der Waals surface area contributed by atoms with Crippen LogP contribution in [0, 0.1) is 5.82 Å². The van der Waals surface area contributed by atoms with Gasteiger partial charge in [-0.1, -0.05) is 18.2 Å². The van der Waals surface area contributed by atoms with E-state index in [1.165, 1.54) is 29.0 Å². The third-order valence-corrected chi connectivity index (χ3v) is 4.43. The van der Waals surface area contributed by atoms with E-state index in [2.05, 4.69) is 4.98 Å². The number of amides is 2. The number of nitrogens with zero attached hydrogens (tertiary/aromatic N) is 3. The summed E-state index contributed by atoms with van der Waals surface area (Å²) in [6.45, 7) is 2.11. The molecule has 1 aromatic heterocycles. The fourth-order valence-electron chi connectivity index (χ4n) is 3.07. The van der Waals surface area contributed by atoms with Crippen LogP contribution in [0.1, 0.15) is 18.1 Å². The van der Waals surface area contributed by atoms with Crippen LogP contribution < -0.4 is 4.74 Å². The van der Waals surface area contributed by atoms with Gasteiger partial charge in [-0.25, -0.2) is 9.37 Å². The molecule has 1 saturated heterocycles. The van der Waals surface area contributed by atoms with Crippen LogP contribution in [0.4, 0.5) is 4.39 Å². The van der Waals surface area contributed by atoms with Crippen molar-refractivity contribution in [1.29, 1.82) is 0 Å². The zero-order chi connectivity index (χ0) is 18.7. The number of ether oxygens (including phenoxy) is 1. The number of hydrogen-bond acceptors (Lipinski definition) is 4. The lowest BCUT2D eigenvalue weighted by atomic mass is 10.1. The van der Waals surface area contributed by atoms with Crippen LogP contribution in [0.2, 0.25) is 0 Å². The van der Waals surface area contributed by atoms with E-state index in [4.69, 9.17) is 4.74 Å². The van der Waals surface area contributed by atoms with Gasteiger partial charge in [-0.15, -0.1) is 0 Å². The molecule has 1 fully saturated rings. The second-order valence-corrected chi connectivity index (χ2v) is 6.19. The molecule has 2 aromatic rings. The summed E-state index contributed by atoms with van der Waals surface area (Å²) in [5, 5.41) is 0. The maximum absolute atomic E-state index is 13.4. The van der Waals surface area contributed by atoms with Gasteiger partial charge in [0.15, 0.2) is 0 Å². The zero-order valence-corrected chi connectivity index (χ0v) is 14.7. The number of pyridine rings is 1. The number of benzene rings is 1. The summed E-state index contributed by atoms with van der Waals surface area (Å²) < 4.78 is 18.6. The highest BCUT2D eigenvalue weighted by atomic mass is 19.1. The van der Waals surface area contributed by atoms with Gasteiger partial charge < -0.3 is 14.5 Å². The first kappa shape index (κ1) is 17.8. The van der Waals surface area contributed by atoms with Crippen molar-refractivity contribution in [2.24, 2.45) is 0 Å². The van der Waals surface area contributed by atoms with Crippen molar-refractivity contribution >= 4 is 11.8 Å². The van der Waals surface area contributed by atoms with E-state index in [0.717, 1.165) is 5.56 Å². The number of aromatic nitrogens is 1. The van der Waals surface area contributed by atoms with Crippen LogP contribution in [0.25, 0.3) is 0 Å². The van der Waals surface area contributed by atoms with E-state index in [1.807, 2.05) is 6.07 Å². The number of carbonyl (C=O) groups excluding carboxylic acids is 2. The van der Waals surface area contributed by atoms with E-state index < -0.39 is 6.04 Å². The van der Waals surface area contributed by atoms with Gasteiger partial charge >= 0.3 is 0 Å². The quantitative estimate of drug-likeness (QED) is 0.821. The number of rotatable bonds is 5. The van der Waals surface area contributed by atoms with E-state index >= 15 is 0 Å². The molecular formula is C19H20FN3O3. The van der Waals surface area contributed by atoms with Crippen LogP contribution >= 0.6 is 0 Å². The lowest BCUT2D eigenvalue weighted by molar-refractivity contribution is -0.156. The molecule has 136 valence electrons. The van der Waals surface area contributed by atoms with Crippen molar-refractivity contribution in [2.45, 2.75) is 26.1 Å². The van der Waals surface area contributed by atoms with Crippen molar-refractivity contribution in [3.05, 3.63) is 59.5 Å². The van der Waals surface area contributed by atoms with Crippen molar-refractivity contribution in [3.8, 4) is 5.88 Å². The number of halogens is 1. The maximum atomic E-state index is 13.4. The molecule has 3 rings (SSSR count). The molecular weight excluding hydrogens is 337 g/mol. The normalized spacial score (nSPS) is 17.6. The van der Waals surface area contributed by atoms with Gasteiger partial charge in [0.1, 0.15) is 18.4 Å². The lowest BCUT2D eigenvalue weighted by Gasteiger charge is -2.39. The van der Waals surface area contributed by atoms with E-state index in [1.54, 1.807) is 31.3 Å². The number of methoxy groups -OCH3 is 1. The highest BCUT2D eigenvalue weighted by molar-refractivity contribution is 5.94. The second kappa shape index (κ2) is 7.51. The summed E-state index contributed by atoms with van der Waals surface area (Å²) >= 11 is 0. The standard InChI is InChI=1S/C19H20FN3O3/c1-13-19(25)22(10-14-5-3-7-16(20)9-14)12-17(24)23(13)11-15-6-4-8-21-18(15)26-2/h3-9,13H,10-12H2,1-2H3/t13-/m0/s1. The molecule has 0 spiro atoms. The highest BCUT2D eigenvalue weighted by Gasteiger charge is 2.36. The SMILES string of the molecule is COc1ncccc1CN1C(=O)CN(Cc2cccc(F)c2)C(=O)[C@@H]1C. The van der Waals surface area contributed by atoms with E-state index in [0.29, 0.717) is 11.4 Å². The Kier molecular flexibility index (Phi) is 5.16. The van der Waals surface area contributed by atoms with Crippen LogP contribution in [0.5, 0.6) is 5.88 Å². The average molecular weight is 357 g/mol. The molecule has 0 saturated carbocycles. The Hall–Kier alpha value is -2.96. The van der Waals surface area contributed by atoms with Gasteiger partial charge in [0.2, 0.25) is 17.7 Å². The van der Waals surface area contributed by atoms with Gasteiger partial charge in [0, 0.05) is 18.3 Å². The highest BCUT2D eigenvalue weighted by Crippen LogP contribution is 2.22. The topological polar surface area (TPSA) is 62.7 Å². The Labute approximate surface area is 151 Å². The molecule has 2 amide bonds.